The van der Waals surface area contributed by atoms with E-state index >= 15 is 0 Å². The zero-order chi connectivity index (χ0) is 14.3. The summed E-state index contributed by atoms with van der Waals surface area (Å²) in [6.07, 6.45) is 0. The number of nitrogens with one attached hydrogen (secondary N) is 1. The number of halogens is 1. The van der Waals surface area contributed by atoms with E-state index in [0.717, 1.165) is 11.3 Å². The summed E-state index contributed by atoms with van der Waals surface area (Å²) >= 11 is 5.97. The summed E-state index contributed by atoms with van der Waals surface area (Å²) in [5, 5.41) is 3.39. The van der Waals surface area contributed by atoms with Gasteiger partial charge in [0.1, 0.15) is 0 Å². The molecule has 0 radical (unpaired) electrons. The van der Waals surface area contributed by atoms with Crippen LogP contribution in [0.4, 0.5) is 5.69 Å². The van der Waals surface area contributed by atoms with Gasteiger partial charge in [0.2, 0.25) is 5.91 Å². The third-order valence-corrected chi connectivity index (χ3v) is 2.92. The highest BCUT2D eigenvalue weighted by atomic mass is 35.5. The molecule has 1 aromatic rings. The van der Waals surface area contributed by atoms with Crippen LogP contribution in [0.15, 0.2) is 18.2 Å². The number of benzene rings is 1. The number of methoxy groups -OCH3 is 1. The Morgan fingerprint density at radius 3 is 2.89 bits per heavy atom. The summed E-state index contributed by atoms with van der Waals surface area (Å²) in [5.41, 5.74) is 7.51. The van der Waals surface area contributed by atoms with Gasteiger partial charge in [-0.3, -0.25) is 4.79 Å². The molecule has 19 heavy (non-hydrogen) atoms. The molecule has 0 fully saturated rings. The number of anilines is 1. The number of amides is 1. The Balaban J connectivity index is 2.64. The number of hydrogen-bond acceptors (Lipinski definition) is 4. The molecule has 0 spiro atoms. The van der Waals surface area contributed by atoms with Crippen molar-refractivity contribution in [1.29, 1.82) is 0 Å². The van der Waals surface area contributed by atoms with E-state index in [4.69, 9.17) is 22.1 Å². The number of ether oxygens (including phenoxy) is 1. The Bertz CT molecular complexity index is 426. The summed E-state index contributed by atoms with van der Waals surface area (Å²) in [6, 6.07) is 5.48. The van der Waals surface area contributed by atoms with Gasteiger partial charge >= 0.3 is 0 Å². The highest BCUT2D eigenvalue weighted by Gasteiger charge is 2.11. The lowest BCUT2D eigenvalue weighted by molar-refractivity contribution is -0.119. The van der Waals surface area contributed by atoms with Crippen LogP contribution in [0.3, 0.4) is 0 Å². The van der Waals surface area contributed by atoms with Crippen molar-refractivity contribution in [3.63, 3.8) is 0 Å². The molecule has 0 aliphatic carbocycles. The molecule has 0 saturated carbocycles. The number of carbonyl (C=O) groups is 1. The van der Waals surface area contributed by atoms with E-state index in [1.54, 1.807) is 13.2 Å². The molecule has 6 heteroatoms. The van der Waals surface area contributed by atoms with Gasteiger partial charge in [-0.25, -0.2) is 0 Å². The van der Waals surface area contributed by atoms with Crippen LogP contribution in [-0.2, 0) is 16.1 Å². The summed E-state index contributed by atoms with van der Waals surface area (Å²) < 4.78 is 4.87. The van der Waals surface area contributed by atoms with Crippen LogP contribution in [0.1, 0.15) is 5.56 Å². The quantitative estimate of drug-likeness (QED) is 0.734. The van der Waals surface area contributed by atoms with E-state index in [-0.39, 0.29) is 12.5 Å². The van der Waals surface area contributed by atoms with Gasteiger partial charge in [0.25, 0.3) is 0 Å². The third kappa shape index (κ3) is 5.06. The van der Waals surface area contributed by atoms with E-state index in [2.05, 4.69) is 5.32 Å². The minimum atomic E-state index is -0.0671. The Kier molecular flexibility index (Phi) is 6.62. The lowest BCUT2D eigenvalue weighted by atomic mass is 10.1. The predicted molar refractivity (Wildman–Crippen MR) is 77.5 cm³/mol. The van der Waals surface area contributed by atoms with Crippen molar-refractivity contribution in [2.24, 2.45) is 5.73 Å². The van der Waals surface area contributed by atoms with Gasteiger partial charge in [-0.05, 0) is 17.7 Å². The SMILES string of the molecule is COCCNC(=O)CN(C)c1cc(Cl)ccc1CN. The predicted octanol–water partition coefficient (Wildman–Crippen LogP) is 0.998. The zero-order valence-electron chi connectivity index (χ0n) is 11.3. The van der Waals surface area contributed by atoms with Crippen LogP contribution in [0.25, 0.3) is 0 Å². The van der Waals surface area contributed by atoms with Crippen LogP contribution < -0.4 is 16.0 Å². The highest BCUT2D eigenvalue weighted by Crippen LogP contribution is 2.23. The first-order valence-electron chi connectivity index (χ1n) is 6.03. The summed E-state index contributed by atoms with van der Waals surface area (Å²) in [4.78, 5) is 13.5. The maximum absolute atomic E-state index is 11.7. The van der Waals surface area contributed by atoms with E-state index < -0.39 is 0 Å². The molecule has 0 bridgehead atoms. The second-order valence-corrected chi connectivity index (χ2v) is 4.61. The van der Waals surface area contributed by atoms with Gasteiger partial charge in [0.05, 0.1) is 13.2 Å². The Hall–Kier alpha value is -1.30. The highest BCUT2D eigenvalue weighted by molar-refractivity contribution is 6.30. The monoisotopic (exact) mass is 285 g/mol. The van der Waals surface area contributed by atoms with Crippen molar-refractivity contribution in [2.75, 3.05) is 38.8 Å². The summed E-state index contributed by atoms with van der Waals surface area (Å²) in [5.74, 6) is -0.0671. The molecule has 0 saturated heterocycles. The van der Waals surface area contributed by atoms with Crippen molar-refractivity contribution in [2.45, 2.75) is 6.54 Å². The minimum Gasteiger partial charge on any atom is -0.383 e. The van der Waals surface area contributed by atoms with E-state index in [1.165, 1.54) is 0 Å². The number of likely N-dealkylation sites (N-methyl/N-ethyl adjacent to an activating group) is 1. The smallest absolute Gasteiger partial charge is 0.239 e. The standard InChI is InChI=1S/C13H20ClN3O2/c1-17(9-13(18)16-5-6-19-2)12-7-11(14)4-3-10(12)8-15/h3-4,7H,5-6,8-9,15H2,1-2H3,(H,16,18). The molecule has 106 valence electrons. The Labute approximate surface area is 118 Å². The lowest BCUT2D eigenvalue weighted by Gasteiger charge is -2.22. The molecule has 0 atom stereocenters. The zero-order valence-corrected chi connectivity index (χ0v) is 12.0. The van der Waals surface area contributed by atoms with Crippen molar-refractivity contribution < 1.29 is 9.53 Å². The van der Waals surface area contributed by atoms with Crippen molar-refractivity contribution in [1.82, 2.24) is 5.32 Å². The normalized spacial score (nSPS) is 10.3. The second kappa shape index (κ2) is 7.99. The molecule has 0 heterocycles. The van der Waals surface area contributed by atoms with Crippen LogP contribution in [0, 0.1) is 0 Å². The molecular formula is C13H20ClN3O2. The van der Waals surface area contributed by atoms with Gasteiger partial charge in [-0.1, -0.05) is 17.7 Å². The fourth-order valence-corrected chi connectivity index (χ4v) is 1.88. The van der Waals surface area contributed by atoms with E-state index in [1.807, 2.05) is 24.1 Å². The maximum atomic E-state index is 11.7. The van der Waals surface area contributed by atoms with Gasteiger partial charge in [-0.2, -0.15) is 0 Å². The van der Waals surface area contributed by atoms with Crippen LogP contribution in [0.5, 0.6) is 0 Å². The molecule has 0 aliphatic rings. The number of rotatable bonds is 7. The van der Waals surface area contributed by atoms with E-state index in [9.17, 15) is 4.79 Å². The maximum Gasteiger partial charge on any atom is 0.239 e. The van der Waals surface area contributed by atoms with E-state index in [0.29, 0.717) is 24.7 Å². The largest absolute Gasteiger partial charge is 0.383 e. The van der Waals surface area contributed by atoms with Gasteiger partial charge in [-0.15, -0.1) is 0 Å². The van der Waals surface area contributed by atoms with Gasteiger partial charge in [0, 0.05) is 38.0 Å². The van der Waals surface area contributed by atoms with Crippen molar-refractivity contribution in [3.05, 3.63) is 28.8 Å². The first kappa shape index (κ1) is 15.8. The minimum absolute atomic E-state index is 0.0671. The first-order valence-corrected chi connectivity index (χ1v) is 6.41. The average Bonchev–Trinajstić information content (AvgIpc) is 2.39. The molecule has 3 N–H and O–H groups in total. The fourth-order valence-electron chi connectivity index (χ4n) is 1.71. The molecule has 5 nitrogen and oxygen atoms in total. The Morgan fingerprint density at radius 2 is 2.26 bits per heavy atom. The number of nitrogens with zero attached hydrogens (tertiary/aromatic N) is 1. The average molecular weight is 286 g/mol. The number of carbonyl (C=O) groups excluding carboxylic acids is 1. The molecule has 0 unspecified atom stereocenters. The Morgan fingerprint density at radius 1 is 1.53 bits per heavy atom. The van der Waals surface area contributed by atoms with Gasteiger partial charge in [0.15, 0.2) is 0 Å². The summed E-state index contributed by atoms with van der Waals surface area (Å²) in [7, 11) is 3.43. The summed E-state index contributed by atoms with van der Waals surface area (Å²) in [6.45, 7) is 1.66. The molecule has 0 aromatic heterocycles. The number of nitrogens with two attached hydrogens (primary N) is 1. The van der Waals surface area contributed by atoms with Crippen LogP contribution in [-0.4, -0.2) is 39.8 Å². The first-order chi connectivity index (χ1) is 9.08. The lowest BCUT2D eigenvalue weighted by Crippen LogP contribution is -2.37. The van der Waals surface area contributed by atoms with Crippen molar-refractivity contribution >= 4 is 23.2 Å². The van der Waals surface area contributed by atoms with Crippen molar-refractivity contribution in [3.8, 4) is 0 Å². The second-order valence-electron chi connectivity index (χ2n) is 4.18. The van der Waals surface area contributed by atoms with Crippen LogP contribution >= 0.6 is 11.6 Å². The third-order valence-electron chi connectivity index (χ3n) is 2.69. The fraction of sp³-hybridized carbons (Fsp3) is 0.462. The molecular weight excluding hydrogens is 266 g/mol. The topological polar surface area (TPSA) is 67.6 Å². The molecule has 1 amide bonds. The van der Waals surface area contributed by atoms with Gasteiger partial charge < -0.3 is 20.7 Å². The number of hydrogen-bond donors (Lipinski definition) is 2. The molecule has 0 aliphatic heterocycles. The van der Waals surface area contributed by atoms with Crippen LogP contribution in [0.2, 0.25) is 5.02 Å². The molecule has 1 rings (SSSR count). The molecule has 1 aromatic carbocycles.